The average Bonchev–Trinajstić information content (AvgIpc) is 2.83. The molecule has 6 heteroatoms. The van der Waals surface area contributed by atoms with Gasteiger partial charge in [0.15, 0.2) is 11.5 Å². The number of anilines is 1. The largest absolute Gasteiger partial charge is 0.493 e. The lowest BCUT2D eigenvalue weighted by molar-refractivity contribution is 0.279. The second-order valence-electron chi connectivity index (χ2n) is 7.73. The van der Waals surface area contributed by atoms with E-state index in [-0.39, 0.29) is 12.4 Å². The number of rotatable bonds is 7. The number of piperidine rings is 1. The summed E-state index contributed by atoms with van der Waals surface area (Å²) >= 11 is 6.53. The Morgan fingerprint density at radius 1 is 1.00 bits per heavy atom. The van der Waals surface area contributed by atoms with Gasteiger partial charge in [0.25, 0.3) is 0 Å². The first-order valence-electron chi connectivity index (χ1n) is 10.8. The minimum atomic E-state index is -0.291. The van der Waals surface area contributed by atoms with Crippen LogP contribution in [0.5, 0.6) is 11.5 Å². The number of ether oxygens (including phenoxy) is 2. The van der Waals surface area contributed by atoms with Crippen LogP contribution in [0.15, 0.2) is 65.7 Å². The lowest BCUT2D eigenvalue weighted by Crippen LogP contribution is -2.29. The molecule has 4 nitrogen and oxygen atoms in total. The zero-order chi connectivity index (χ0) is 22.3. The first-order valence-corrected chi connectivity index (χ1v) is 11.1. The van der Waals surface area contributed by atoms with Crippen molar-refractivity contribution in [3.05, 3.63) is 82.6 Å². The molecular weight excluding hydrogens is 427 g/mol. The van der Waals surface area contributed by atoms with Gasteiger partial charge in [0.2, 0.25) is 0 Å². The van der Waals surface area contributed by atoms with Crippen molar-refractivity contribution < 1.29 is 13.9 Å². The van der Waals surface area contributed by atoms with Gasteiger partial charge in [-0.25, -0.2) is 4.39 Å². The summed E-state index contributed by atoms with van der Waals surface area (Å²) in [5.41, 5.74) is 3.21. The number of benzene rings is 3. The van der Waals surface area contributed by atoms with E-state index in [9.17, 15) is 4.39 Å². The Balaban J connectivity index is 1.44. The van der Waals surface area contributed by atoms with E-state index in [1.165, 1.54) is 25.3 Å². The molecule has 0 bridgehead atoms. The lowest BCUT2D eigenvalue weighted by Gasteiger charge is -2.29. The standard InChI is InChI=1S/C26H26ClFN2O2/c1-31-26-15-19(9-12-25(26)32-18-20-7-3-4-8-23(20)28)17-29-21-10-11-24(22(27)16-21)30-13-5-2-6-14-30/h3-4,7-12,15-17H,2,5-6,13-14,18H2,1H3. The number of halogens is 2. The third-order valence-corrected chi connectivity index (χ3v) is 5.82. The Labute approximate surface area is 193 Å². The van der Waals surface area contributed by atoms with Gasteiger partial charge in [0.1, 0.15) is 12.4 Å². The average molecular weight is 453 g/mol. The molecule has 3 aromatic rings. The van der Waals surface area contributed by atoms with Gasteiger partial charge in [-0.1, -0.05) is 29.8 Å². The Morgan fingerprint density at radius 3 is 2.56 bits per heavy atom. The van der Waals surface area contributed by atoms with Crippen LogP contribution in [0, 0.1) is 5.82 Å². The molecule has 0 saturated carbocycles. The molecule has 3 aromatic carbocycles. The summed E-state index contributed by atoms with van der Waals surface area (Å²) in [5.74, 6) is 0.811. The SMILES string of the molecule is COc1cc(C=Nc2ccc(N3CCCCC3)c(Cl)c2)ccc1OCc1ccccc1F. The van der Waals surface area contributed by atoms with Crippen LogP contribution in [0.25, 0.3) is 0 Å². The van der Waals surface area contributed by atoms with Crippen LogP contribution >= 0.6 is 11.6 Å². The van der Waals surface area contributed by atoms with Crippen molar-refractivity contribution in [2.45, 2.75) is 25.9 Å². The normalized spacial score (nSPS) is 14.0. The van der Waals surface area contributed by atoms with E-state index in [4.69, 9.17) is 21.1 Å². The van der Waals surface area contributed by atoms with Crippen molar-refractivity contribution in [3.8, 4) is 11.5 Å². The highest BCUT2D eigenvalue weighted by molar-refractivity contribution is 6.33. The van der Waals surface area contributed by atoms with Gasteiger partial charge >= 0.3 is 0 Å². The lowest BCUT2D eigenvalue weighted by atomic mass is 10.1. The van der Waals surface area contributed by atoms with Crippen molar-refractivity contribution in [2.24, 2.45) is 4.99 Å². The van der Waals surface area contributed by atoms with E-state index in [0.717, 1.165) is 35.1 Å². The first kappa shape index (κ1) is 22.2. The highest BCUT2D eigenvalue weighted by atomic mass is 35.5. The van der Waals surface area contributed by atoms with E-state index in [1.807, 2.05) is 30.3 Å². The quantitative estimate of drug-likeness (QED) is 0.369. The summed E-state index contributed by atoms with van der Waals surface area (Å²) in [4.78, 5) is 6.90. The second kappa shape index (κ2) is 10.5. The minimum Gasteiger partial charge on any atom is -0.493 e. The summed E-state index contributed by atoms with van der Waals surface area (Å²) in [6, 6.07) is 18.0. The fourth-order valence-electron chi connectivity index (χ4n) is 3.77. The highest BCUT2D eigenvalue weighted by Gasteiger charge is 2.14. The third kappa shape index (κ3) is 5.40. The first-order chi connectivity index (χ1) is 15.6. The van der Waals surface area contributed by atoms with Crippen LogP contribution in [0.2, 0.25) is 5.02 Å². The molecular formula is C26H26ClFN2O2. The molecule has 1 aliphatic rings. The maximum atomic E-state index is 13.8. The van der Waals surface area contributed by atoms with Gasteiger partial charge in [-0.05, 0) is 67.3 Å². The molecule has 4 rings (SSSR count). The summed E-state index contributed by atoms with van der Waals surface area (Å²) in [6.07, 6.45) is 5.46. The summed E-state index contributed by atoms with van der Waals surface area (Å²) < 4.78 is 25.0. The molecule has 0 radical (unpaired) electrons. The number of aliphatic imine (C=N–C) groups is 1. The van der Waals surface area contributed by atoms with E-state index in [1.54, 1.807) is 37.6 Å². The summed E-state index contributed by atoms with van der Waals surface area (Å²) in [7, 11) is 1.57. The van der Waals surface area contributed by atoms with Gasteiger partial charge in [-0.3, -0.25) is 4.99 Å². The molecule has 1 saturated heterocycles. The molecule has 0 N–H and O–H groups in total. The predicted molar refractivity (Wildman–Crippen MR) is 128 cm³/mol. The van der Waals surface area contributed by atoms with Crippen molar-refractivity contribution in [1.82, 2.24) is 0 Å². The maximum absolute atomic E-state index is 13.8. The van der Waals surface area contributed by atoms with Gasteiger partial charge in [-0.2, -0.15) is 0 Å². The second-order valence-corrected chi connectivity index (χ2v) is 8.14. The Hall–Kier alpha value is -3.05. The fourth-order valence-corrected chi connectivity index (χ4v) is 4.07. The van der Waals surface area contributed by atoms with Crippen LogP contribution in [-0.2, 0) is 6.61 Å². The Bertz CT molecular complexity index is 1100. The number of hydrogen-bond donors (Lipinski definition) is 0. The van der Waals surface area contributed by atoms with E-state index < -0.39 is 0 Å². The molecule has 0 aliphatic carbocycles. The molecule has 0 spiro atoms. The van der Waals surface area contributed by atoms with Crippen LogP contribution in [0.4, 0.5) is 15.8 Å². The summed E-state index contributed by atoms with van der Waals surface area (Å²) in [6.45, 7) is 2.22. The van der Waals surface area contributed by atoms with Gasteiger partial charge in [0.05, 0.1) is 23.5 Å². The van der Waals surface area contributed by atoms with E-state index in [2.05, 4.69) is 9.89 Å². The number of methoxy groups -OCH3 is 1. The smallest absolute Gasteiger partial charge is 0.161 e. The van der Waals surface area contributed by atoms with Gasteiger partial charge in [-0.15, -0.1) is 0 Å². The van der Waals surface area contributed by atoms with Crippen molar-refractivity contribution >= 4 is 29.2 Å². The summed E-state index contributed by atoms with van der Waals surface area (Å²) in [5, 5.41) is 0.719. The van der Waals surface area contributed by atoms with E-state index >= 15 is 0 Å². The zero-order valence-corrected chi connectivity index (χ0v) is 18.8. The Morgan fingerprint density at radius 2 is 1.81 bits per heavy atom. The maximum Gasteiger partial charge on any atom is 0.161 e. The van der Waals surface area contributed by atoms with Gasteiger partial charge in [0, 0.05) is 24.9 Å². The minimum absolute atomic E-state index is 0.123. The van der Waals surface area contributed by atoms with Crippen LogP contribution in [0.3, 0.4) is 0 Å². The van der Waals surface area contributed by atoms with Crippen molar-refractivity contribution in [1.29, 1.82) is 0 Å². The molecule has 0 unspecified atom stereocenters. The van der Waals surface area contributed by atoms with Gasteiger partial charge < -0.3 is 14.4 Å². The zero-order valence-electron chi connectivity index (χ0n) is 18.1. The molecule has 0 atom stereocenters. The molecule has 166 valence electrons. The van der Waals surface area contributed by atoms with Crippen molar-refractivity contribution in [2.75, 3.05) is 25.1 Å². The predicted octanol–water partition coefficient (Wildman–Crippen LogP) is 6.81. The van der Waals surface area contributed by atoms with E-state index in [0.29, 0.717) is 17.1 Å². The van der Waals surface area contributed by atoms with Crippen LogP contribution in [0.1, 0.15) is 30.4 Å². The molecule has 1 aliphatic heterocycles. The third-order valence-electron chi connectivity index (χ3n) is 5.52. The van der Waals surface area contributed by atoms with Crippen molar-refractivity contribution in [3.63, 3.8) is 0 Å². The molecule has 0 aromatic heterocycles. The molecule has 0 amide bonds. The molecule has 1 heterocycles. The molecule has 1 fully saturated rings. The fraction of sp³-hybridized carbons (Fsp3) is 0.269. The number of nitrogens with zero attached hydrogens (tertiary/aromatic N) is 2. The topological polar surface area (TPSA) is 34.1 Å². The Kier molecular flexibility index (Phi) is 7.28. The van der Waals surface area contributed by atoms with Crippen LogP contribution in [-0.4, -0.2) is 26.4 Å². The highest BCUT2D eigenvalue weighted by Crippen LogP contribution is 2.32. The monoisotopic (exact) mass is 452 g/mol. The number of hydrogen-bond acceptors (Lipinski definition) is 4. The molecule has 32 heavy (non-hydrogen) atoms. The van der Waals surface area contributed by atoms with Crippen LogP contribution < -0.4 is 14.4 Å².